The number of piperidine rings is 1. The summed E-state index contributed by atoms with van der Waals surface area (Å²) in [6.45, 7) is 2.90. The quantitative estimate of drug-likeness (QED) is 0.764. The zero-order valence-corrected chi connectivity index (χ0v) is 14.8. The van der Waals surface area contributed by atoms with E-state index >= 15 is 0 Å². The van der Waals surface area contributed by atoms with Crippen LogP contribution in [0.25, 0.3) is 0 Å². The second kappa shape index (κ2) is 8.49. The molecule has 0 spiro atoms. The Labute approximate surface area is 149 Å². The number of anilines is 1. The van der Waals surface area contributed by atoms with Gasteiger partial charge in [0.25, 0.3) is 0 Å². The maximum absolute atomic E-state index is 12.2. The first-order valence-corrected chi connectivity index (χ1v) is 8.58. The monoisotopic (exact) mass is 351 g/mol. The number of hydrogen-bond donors (Lipinski definition) is 3. The van der Waals surface area contributed by atoms with Crippen LogP contribution in [0.15, 0.2) is 24.3 Å². The van der Waals surface area contributed by atoms with Crippen LogP contribution < -0.4 is 16.0 Å². The summed E-state index contributed by atoms with van der Waals surface area (Å²) >= 11 is 0. The lowest BCUT2D eigenvalue weighted by molar-refractivity contribution is -0.124. The fourth-order valence-electron chi connectivity index (χ4n) is 2.92. The Balaban J connectivity index is 0.00000208. The molecule has 0 aromatic heterocycles. The molecule has 3 N–H and O–H groups in total. The third-order valence-corrected chi connectivity index (χ3v) is 4.61. The first-order valence-electron chi connectivity index (χ1n) is 8.58. The lowest BCUT2D eigenvalue weighted by atomic mass is 10.0. The third-order valence-electron chi connectivity index (χ3n) is 4.61. The van der Waals surface area contributed by atoms with Gasteiger partial charge in [-0.05, 0) is 56.8 Å². The number of carbonyl (C=O) groups excluding carboxylic acids is 2. The summed E-state index contributed by atoms with van der Waals surface area (Å²) in [6.07, 6.45) is 5.16. The van der Waals surface area contributed by atoms with E-state index < -0.39 is 0 Å². The fraction of sp³-hybridized carbons (Fsp3) is 0.556. The predicted octanol–water partition coefficient (Wildman–Crippen LogP) is 2.78. The summed E-state index contributed by atoms with van der Waals surface area (Å²) in [7, 11) is 0. The van der Waals surface area contributed by atoms with Crippen LogP contribution in [0, 0.1) is 5.92 Å². The molecule has 5 nitrogen and oxygen atoms in total. The standard InChI is InChI=1S/C18H25N3O2.ClH/c1-12(20-18(23)16-4-2-3-11-19-16)13-7-9-15(10-8-13)21-17(22)14-5-6-14;/h7-10,12,14,16,19H,2-6,11H2,1H3,(H,20,23)(H,21,22);1H. The van der Waals surface area contributed by atoms with E-state index in [1.54, 1.807) is 0 Å². The second-order valence-electron chi connectivity index (χ2n) is 6.62. The zero-order chi connectivity index (χ0) is 16.2. The molecule has 24 heavy (non-hydrogen) atoms. The van der Waals surface area contributed by atoms with E-state index in [4.69, 9.17) is 0 Å². The van der Waals surface area contributed by atoms with Crippen LogP contribution in [0.5, 0.6) is 0 Å². The number of amides is 2. The highest BCUT2D eigenvalue weighted by atomic mass is 35.5. The Kier molecular flexibility index (Phi) is 6.63. The summed E-state index contributed by atoms with van der Waals surface area (Å²) in [5.41, 5.74) is 1.86. The maximum atomic E-state index is 12.2. The van der Waals surface area contributed by atoms with Gasteiger partial charge in [0, 0.05) is 11.6 Å². The van der Waals surface area contributed by atoms with Crippen molar-refractivity contribution < 1.29 is 9.59 Å². The van der Waals surface area contributed by atoms with Gasteiger partial charge in [0.2, 0.25) is 11.8 Å². The zero-order valence-electron chi connectivity index (χ0n) is 14.0. The van der Waals surface area contributed by atoms with Gasteiger partial charge in [-0.3, -0.25) is 9.59 Å². The highest BCUT2D eigenvalue weighted by Crippen LogP contribution is 2.30. The molecule has 2 fully saturated rings. The first kappa shape index (κ1) is 18.7. The normalized spacial score (nSPS) is 21.3. The molecule has 3 rings (SSSR count). The lowest BCUT2D eigenvalue weighted by Gasteiger charge is -2.24. The molecule has 0 bridgehead atoms. The van der Waals surface area contributed by atoms with Crippen molar-refractivity contribution in [3.8, 4) is 0 Å². The second-order valence-corrected chi connectivity index (χ2v) is 6.62. The Bertz CT molecular complexity index is 566. The van der Waals surface area contributed by atoms with Crippen molar-refractivity contribution >= 4 is 29.9 Å². The number of nitrogens with one attached hydrogen (secondary N) is 3. The van der Waals surface area contributed by atoms with Crippen LogP contribution in [0.4, 0.5) is 5.69 Å². The average Bonchev–Trinajstić information content (AvgIpc) is 3.41. The average molecular weight is 352 g/mol. The summed E-state index contributed by atoms with van der Waals surface area (Å²) in [5, 5.41) is 9.26. The van der Waals surface area contributed by atoms with Gasteiger partial charge in [-0.1, -0.05) is 18.6 Å². The predicted molar refractivity (Wildman–Crippen MR) is 97.2 cm³/mol. The molecular weight excluding hydrogens is 326 g/mol. The minimum atomic E-state index is -0.0664. The Morgan fingerprint density at radius 2 is 1.79 bits per heavy atom. The van der Waals surface area contributed by atoms with Gasteiger partial charge in [0.05, 0.1) is 12.1 Å². The van der Waals surface area contributed by atoms with Crippen molar-refractivity contribution in [3.05, 3.63) is 29.8 Å². The van der Waals surface area contributed by atoms with Crippen LogP contribution in [-0.2, 0) is 9.59 Å². The van der Waals surface area contributed by atoms with Gasteiger partial charge >= 0.3 is 0 Å². The lowest BCUT2D eigenvalue weighted by Crippen LogP contribution is -2.47. The molecule has 1 aliphatic carbocycles. The summed E-state index contributed by atoms with van der Waals surface area (Å²) in [6, 6.07) is 7.61. The third kappa shape index (κ3) is 4.95. The van der Waals surface area contributed by atoms with Gasteiger partial charge < -0.3 is 16.0 Å². The summed E-state index contributed by atoms with van der Waals surface area (Å²) in [4.78, 5) is 24.0. The topological polar surface area (TPSA) is 70.2 Å². The molecule has 2 amide bonds. The summed E-state index contributed by atoms with van der Waals surface area (Å²) in [5.74, 6) is 0.390. The van der Waals surface area contributed by atoms with Crippen molar-refractivity contribution in [2.45, 2.75) is 51.1 Å². The molecule has 2 aliphatic rings. The van der Waals surface area contributed by atoms with Crippen LogP contribution in [0.2, 0.25) is 0 Å². The van der Waals surface area contributed by atoms with Gasteiger partial charge in [0.1, 0.15) is 0 Å². The molecule has 0 radical (unpaired) electrons. The van der Waals surface area contributed by atoms with Gasteiger partial charge in [-0.25, -0.2) is 0 Å². The fourth-order valence-corrected chi connectivity index (χ4v) is 2.92. The van der Waals surface area contributed by atoms with E-state index in [2.05, 4.69) is 16.0 Å². The van der Waals surface area contributed by atoms with E-state index in [1.165, 1.54) is 0 Å². The molecule has 1 aromatic rings. The smallest absolute Gasteiger partial charge is 0.237 e. The number of carbonyl (C=O) groups is 2. The van der Waals surface area contributed by atoms with Gasteiger partial charge in [0.15, 0.2) is 0 Å². The highest BCUT2D eigenvalue weighted by molar-refractivity contribution is 5.94. The molecular formula is C18H26ClN3O2. The molecule has 6 heteroatoms. The minimum absolute atomic E-state index is 0. The van der Waals surface area contributed by atoms with Crippen molar-refractivity contribution in [2.75, 3.05) is 11.9 Å². The Morgan fingerprint density at radius 1 is 1.08 bits per heavy atom. The Morgan fingerprint density at radius 3 is 2.38 bits per heavy atom. The molecule has 1 saturated heterocycles. The number of rotatable bonds is 5. The molecule has 1 heterocycles. The molecule has 1 saturated carbocycles. The van der Waals surface area contributed by atoms with Crippen LogP contribution in [0.1, 0.15) is 50.6 Å². The van der Waals surface area contributed by atoms with E-state index in [9.17, 15) is 9.59 Å². The summed E-state index contributed by atoms with van der Waals surface area (Å²) < 4.78 is 0. The molecule has 132 valence electrons. The van der Waals surface area contributed by atoms with Gasteiger partial charge in [-0.15, -0.1) is 12.4 Å². The van der Waals surface area contributed by atoms with Crippen molar-refractivity contribution in [1.82, 2.24) is 10.6 Å². The van der Waals surface area contributed by atoms with E-state index in [-0.39, 0.29) is 42.2 Å². The van der Waals surface area contributed by atoms with Crippen molar-refractivity contribution in [1.29, 1.82) is 0 Å². The largest absolute Gasteiger partial charge is 0.348 e. The molecule has 2 atom stereocenters. The highest BCUT2D eigenvalue weighted by Gasteiger charge is 2.29. The van der Waals surface area contributed by atoms with Crippen molar-refractivity contribution in [3.63, 3.8) is 0 Å². The van der Waals surface area contributed by atoms with E-state index in [0.717, 1.165) is 49.9 Å². The number of hydrogen-bond acceptors (Lipinski definition) is 3. The van der Waals surface area contributed by atoms with Crippen LogP contribution in [0.3, 0.4) is 0 Å². The molecule has 2 unspecified atom stereocenters. The molecule has 1 aliphatic heterocycles. The van der Waals surface area contributed by atoms with E-state index in [1.807, 2.05) is 31.2 Å². The Hall–Kier alpha value is -1.59. The number of benzene rings is 1. The minimum Gasteiger partial charge on any atom is -0.348 e. The van der Waals surface area contributed by atoms with Crippen LogP contribution in [-0.4, -0.2) is 24.4 Å². The maximum Gasteiger partial charge on any atom is 0.237 e. The van der Waals surface area contributed by atoms with Gasteiger partial charge in [-0.2, -0.15) is 0 Å². The SMILES string of the molecule is CC(NC(=O)C1CCCCN1)c1ccc(NC(=O)C2CC2)cc1.Cl. The van der Waals surface area contributed by atoms with Crippen molar-refractivity contribution in [2.24, 2.45) is 5.92 Å². The number of halogens is 1. The van der Waals surface area contributed by atoms with E-state index in [0.29, 0.717) is 0 Å². The van der Waals surface area contributed by atoms with Crippen LogP contribution >= 0.6 is 12.4 Å². The first-order chi connectivity index (χ1) is 11.1. The molecule has 1 aromatic carbocycles.